The van der Waals surface area contributed by atoms with E-state index in [0.29, 0.717) is 45.0 Å². The number of anilines is 1. The van der Waals surface area contributed by atoms with E-state index in [1.165, 1.54) is 24.3 Å². The molecule has 1 aromatic carbocycles. The minimum atomic E-state index is -0.344. The van der Waals surface area contributed by atoms with Crippen LogP contribution in [0, 0.1) is 11.7 Å². The highest BCUT2D eigenvalue weighted by Crippen LogP contribution is 2.18. The third-order valence-corrected chi connectivity index (χ3v) is 6.62. The topological polar surface area (TPSA) is 85.0 Å². The number of hydrogen-bond acceptors (Lipinski definition) is 4. The second-order valence-corrected chi connectivity index (χ2v) is 8.88. The quantitative estimate of drug-likeness (QED) is 0.654. The lowest BCUT2D eigenvalue weighted by Gasteiger charge is -2.37. The Kier molecular flexibility index (Phi) is 9.05. The van der Waals surface area contributed by atoms with Crippen molar-refractivity contribution in [3.8, 4) is 0 Å². The minimum absolute atomic E-state index is 0.0739. The van der Waals surface area contributed by atoms with Crippen LogP contribution in [0.5, 0.6) is 0 Å². The summed E-state index contributed by atoms with van der Waals surface area (Å²) in [6.07, 6.45) is 3.29. The largest absolute Gasteiger partial charge is 0.342 e. The summed E-state index contributed by atoms with van der Waals surface area (Å²) in [5.74, 6) is -0.160. The molecule has 0 saturated carbocycles. The number of piperazine rings is 1. The van der Waals surface area contributed by atoms with Crippen LogP contribution in [0.25, 0.3) is 0 Å². The number of carbonyl (C=O) groups excluding carboxylic acids is 3. The van der Waals surface area contributed by atoms with Gasteiger partial charge in [0.25, 0.3) is 0 Å². The van der Waals surface area contributed by atoms with Gasteiger partial charge in [0.1, 0.15) is 5.82 Å². The third-order valence-electron chi connectivity index (χ3n) is 6.62. The molecule has 8 nitrogen and oxygen atoms in total. The van der Waals surface area contributed by atoms with Crippen LogP contribution >= 0.6 is 0 Å². The molecular weight excluding hydrogens is 425 g/mol. The summed E-state index contributed by atoms with van der Waals surface area (Å²) in [6.45, 7) is 8.07. The molecule has 3 rings (SSSR count). The van der Waals surface area contributed by atoms with Gasteiger partial charge in [-0.3, -0.25) is 14.5 Å². The Hall–Kier alpha value is -2.68. The second kappa shape index (κ2) is 12.0. The first kappa shape index (κ1) is 25.0. The number of nitrogens with one attached hydrogen (secondary N) is 2. The lowest BCUT2D eigenvalue weighted by Crippen LogP contribution is -2.56. The van der Waals surface area contributed by atoms with Crippen LogP contribution in [0.1, 0.15) is 39.5 Å². The fourth-order valence-corrected chi connectivity index (χ4v) is 4.45. The zero-order valence-corrected chi connectivity index (χ0v) is 19.7. The Morgan fingerprint density at radius 3 is 2.12 bits per heavy atom. The maximum Gasteiger partial charge on any atom is 0.317 e. The van der Waals surface area contributed by atoms with Crippen molar-refractivity contribution < 1.29 is 18.8 Å². The summed E-state index contributed by atoms with van der Waals surface area (Å²) >= 11 is 0. The van der Waals surface area contributed by atoms with Crippen molar-refractivity contribution in [3.05, 3.63) is 30.1 Å². The van der Waals surface area contributed by atoms with Crippen molar-refractivity contribution >= 4 is 23.5 Å². The van der Waals surface area contributed by atoms with Crippen LogP contribution < -0.4 is 10.6 Å². The van der Waals surface area contributed by atoms with Crippen molar-refractivity contribution in [1.29, 1.82) is 0 Å². The lowest BCUT2D eigenvalue weighted by atomic mass is 9.98. The van der Waals surface area contributed by atoms with Crippen LogP contribution in [-0.2, 0) is 9.59 Å². The van der Waals surface area contributed by atoms with E-state index in [4.69, 9.17) is 0 Å². The fraction of sp³-hybridized carbons (Fsp3) is 0.625. The summed E-state index contributed by atoms with van der Waals surface area (Å²) in [6, 6.07) is 5.69. The molecule has 1 aromatic rings. The van der Waals surface area contributed by atoms with Crippen molar-refractivity contribution in [1.82, 2.24) is 20.0 Å². The highest BCUT2D eigenvalue weighted by Gasteiger charge is 2.29. The van der Waals surface area contributed by atoms with E-state index in [1.807, 2.05) is 9.80 Å². The molecule has 9 heteroatoms. The monoisotopic (exact) mass is 461 g/mol. The normalized spacial score (nSPS) is 17.8. The highest BCUT2D eigenvalue weighted by molar-refractivity contribution is 5.92. The van der Waals surface area contributed by atoms with E-state index in [1.54, 1.807) is 4.90 Å². The van der Waals surface area contributed by atoms with Crippen molar-refractivity contribution in [2.75, 3.05) is 51.1 Å². The summed E-state index contributed by atoms with van der Waals surface area (Å²) in [7, 11) is 0. The van der Waals surface area contributed by atoms with E-state index in [0.717, 1.165) is 25.7 Å². The maximum atomic E-state index is 13.0. The first-order valence-corrected chi connectivity index (χ1v) is 12.0. The average Bonchev–Trinajstić information content (AvgIpc) is 2.82. The first-order chi connectivity index (χ1) is 15.9. The van der Waals surface area contributed by atoms with E-state index >= 15 is 0 Å². The third kappa shape index (κ3) is 7.15. The Labute approximate surface area is 195 Å². The number of hydrogen-bond donors (Lipinski definition) is 2. The molecule has 0 bridgehead atoms. The van der Waals surface area contributed by atoms with Crippen LogP contribution in [-0.4, -0.2) is 84.4 Å². The smallest absolute Gasteiger partial charge is 0.317 e. The summed E-state index contributed by atoms with van der Waals surface area (Å²) in [5.41, 5.74) is 0.562. The summed E-state index contributed by atoms with van der Waals surface area (Å²) in [4.78, 5) is 43.2. The Morgan fingerprint density at radius 1 is 0.939 bits per heavy atom. The van der Waals surface area contributed by atoms with Gasteiger partial charge in [0.15, 0.2) is 0 Å². The molecule has 2 saturated heterocycles. The molecule has 2 N–H and O–H groups in total. The zero-order valence-electron chi connectivity index (χ0n) is 19.7. The Balaban J connectivity index is 1.35. The molecule has 0 spiro atoms. The predicted octanol–water partition coefficient (Wildman–Crippen LogP) is 2.52. The molecule has 0 radical (unpaired) electrons. The molecular formula is C24H36FN5O3. The SMILES string of the molecule is CCC(CC)C(=O)N1CCC(NC(=O)N2CCN(CC(=O)Nc3ccc(F)cc3)CC2)CC1. The molecule has 4 amide bonds. The van der Waals surface area contributed by atoms with Gasteiger partial charge >= 0.3 is 6.03 Å². The Morgan fingerprint density at radius 2 is 1.55 bits per heavy atom. The molecule has 0 atom stereocenters. The van der Waals surface area contributed by atoms with Gasteiger partial charge in [-0.05, 0) is 49.9 Å². The van der Waals surface area contributed by atoms with Crippen molar-refractivity contribution in [2.24, 2.45) is 5.92 Å². The van der Waals surface area contributed by atoms with Gasteiger partial charge < -0.3 is 20.4 Å². The number of benzene rings is 1. The number of rotatable bonds is 7. The first-order valence-electron chi connectivity index (χ1n) is 12.0. The van der Waals surface area contributed by atoms with Crippen molar-refractivity contribution in [2.45, 2.75) is 45.6 Å². The fourth-order valence-electron chi connectivity index (χ4n) is 4.45. The standard InChI is InChI=1S/C24H36FN5O3/c1-3-18(4-2)23(32)29-11-9-21(10-12-29)27-24(33)30-15-13-28(14-16-30)17-22(31)26-20-7-5-19(25)6-8-20/h5-8,18,21H,3-4,9-17H2,1-2H3,(H,26,31)(H,27,33). The van der Waals surface area contributed by atoms with E-state index < -0.39 is 0 Å². The van der Waals surface area contributed by atoms with Gasteiger partial charge in [-0.25, -0.2) is 9.18 Å². The molecule has 2 aliphatic heterocycles. The zero-order chi connectivity index (χ0) is 23.8. The minimum Gasteiger partial charge on any atom is -0.342 e. The van der Waals surface area contributed by atoms with Crippen LogP contribution in [0.15, 0.2) is 24.3 Å². The van der Waals surface area contributed by atoms with Gasteiger partial charge in [0.05, 0.1) is 6.54 Å². The highest BCUT2D eigenvalue weighted by atomic mass is 19.1. The Bertz CT molecular complexity index is 799. The summed E-state index contributed by atoms with van der Waals surface area (Å²) in [5, 5.41) is 5.88. The van der Waals surface area contributed by atoms with E-state index in [2.05, 4.69) is 24.5 Å². The van der Waals surface area contributed by atoms with Gasteiger partial charge in [-0.1, -0.05) is 13.8 Å². The number of likely N-dealkylation sites (tertiary alicyclic amines) is 1. The van der Waals surface area contributed by atoms with E-state index in [9.17, 15) is 18.8 Å². The van der Waals surface area contributed by atoms with Gasteiger partial charge in [0.2, 0.25) is 11.8 Å². The number of nitrogens with zero attached hydrogens (tertiary/aromatic N) is 3. The molecule has 2 aliphatic rings. The molecule has 2 heterocycles. The summed E-state index contributed by atoms with van der Waals surface area (Å²) < 4.78 is 13.0. The van der Waals surface area contributed by atoms with E-state index in [-0.39, 0.29) is 42.2 Å². The van der Waals surface area contributed by atoms with Gasteiger partial charge in [-0.2, -0.15) is 0 Å². The number of amides is 4. The van der Waals surface area contributed by atoms with Gasteiger partial charge in [-0.15, -0.1) is 0 Å². The molecule has 0 unspecified atom stereocenters. The molecule has 0 aliphatic carbocycles. The average molecular weight is 462 g/mol. The van der Waals surface area contributed by atoms with Gasteiger partial charge in [0, 0.05) is 56.9 Å². The molecule has 2 fully saturated rings. The number of urea groups is 1. The van der Waals surface area contributed by atoms with Crippen molar-refractivity contribution in [3.63, 3.8) is 0 Å². The lowest BCUT2D eigenvalue weighted by molar-refractivity contribution is -0.136. The molecule has 0 aromatic heterocycles. The van der Waals surface area contributed by atoms with Crippen LogP contribution in [0.4, 0.5) is 14.9 Å². The van der Waals surface area contributed by atoms with Crippen LogP contribution in [0.3, 0.4) is 0 Å². The molecule has 182 valence electrons. The molecule has 33 heavy (non-hydrogen) atoms. The number of halogens is 1. The number of carbonyl (C=O) groups is 3. The maximum absolute atomic E-state index is 13.0. The predicted molar refractivity (Wildman–Crippen MR) is 125 cm³/mol. The second-order valence-electron chi connectivity index (χ2n) is 8.88. The number of piperidine rings is 1. The van der Waals surface area contributed by atoms with Crippen LogP contribution in [0.2, 0.25) is 0 Å².